The van der Waals surface area contributed by atoms with Gasteiger partial charge in [0.2, 0.25) is 0 Å². The number of carbonyl (C=O) groups excluding carboxylic acids is 1. The number of benzene rings is 1. The third-order valence-electron chi connectivity index (χ3n) is 2.07. The molecular weight excluding hydrogens is 224 g/mol. The Kier molecular flexibility index (Phi) is 5.45. The highest BCUT2D eigenvalue weighted by molar-refractivity contribution is 5.76. The highest BCUT2D eigenvalue weighted by Crippen LogP contribution is 2.18. The number of hydrogen-bond donors (Lipinski definition) is 2. The SMILES string of the molecule is CCOC(=O)C(O)c1ccc(OCCO)cc1. The molecule has 0 radical (unpaired) electrons. The van der Waals surface area contributed by atoms with Gasteiger partial charge in [-0.2, -0.15) is 0 Å². The molecule has 0 bridgehead atoms. The summed E-state index contributed by atoms with van der Waals surface area (Å²) in [5.41, 5.74) is 0.444. The van der Waals surface area contributed by atoms with E-state index in [1.807, 2.05) is 0 Å². The Morgan fingerprint density at radius 2 is 2.00 bits per heavy atom. The van der Waals surface area contributed by atoms with E-state index in [1.54, 1.807) is 31.2 Å². The summed E-state index contributed by atoms with van der Waals surface area (Å²) in [6, 6.07) is 6.39. The molecule has 0 fully saturated rings. The summed E-state index contributed by atoms with van der Waals surface area (Å²) in [6.45, 7) is 2.05. The minimum Gasteiger partial charge on any atom is -0.491 e. The maximum Gasteiger partial charge on any atom is 0.339 e. The van der Waals surface area contributed by atoms with Crippen LogP contribution in [0.5, 0.6) is 5.75 Å². The fourth-order valence-corrected chi connectivity index (χ4v) is 1.27. The molecule has 0 heterocycles. The van der Waals surface area contributed by atoms with E-state index in [0.717, 1.165) is 0 Å². The van der Waals surface area contributed by atoms with Crippen LogP contribution in [0.1, 0.15) is 18.6 Å². The molecule has 1 atom stereocenters. The number of ether oxygens (including phenoxy) is 2. The number of esters is 1. The summed E-state index contributed by atoms with van der Waals surface area (Å²) in [5.74, 6) is -0.101. The van der Waals surface area contributed by atoms with Crippen molar-refractivity contribution >= 4 is 5.97 Å². The topological polar surface area (TPSA) is 76.0 Å². The van der Waals surface area contributed by atoms with Gasteiger partial charge in [0.05, 0.1) is 13.2 Å². The normalized spacial score (nSPS) is 11.9. The highest BCUT2D eigenvalue weighted by Gasteiger charge is 2.18. The molecule has 0 saturated heterocycles. The van der Waals surface area contributed by atoms with E-state index in [1.165, 1.54) is 0 Å². The van der Waals surface area contributed by atoms with Gasteiger partial charge in [-0.25, -0.2) is 4.79 Å². The minimum atomic E-state index is -1.28. The molecule has 0 saturated carbocycles. The number of rotatable bonds is 6. The molecule has 17 heavy (non-hydrogen) atoms. The molecule has 94 valence electrons. The van der Waals surface area contributed by atoms with Crippen LogP contribution in [0, 0.1) is 0 Å². The first-order chi connectivity index (χ1) is 8.19. The Labute approximate surface area is 99.6 Å². The minimum absolute atomic E-state index is 0.0623. The smallest absolute Gasteiger partial charge is 0.339 e. The second-order valence-electron chi connectivity index (χ2n) is 3.30. The van der Waals surface area contributed by atoms with Crippen LogP contribution >= 0.6 is 0 Å². The molecule has 5 nitrogen and oxygen atoms in total. The van der Waals surface area contributed by atoms with Crippen LogP contribution in [-0.2, 0) is 9.53 Å². The molecule has 1 aromatic carbocycles. The Morgan fingerprint density at radius 3 is 2.53 bits per heavy atom. The lowest BCUT2D eigenvalue weighted by molar-refractivity contribution is -0.153. The summed E-state index contributed by atoms with van der Waals surface area (Å²) < 4.78 is 9.85. The summed E-state index contributed by atoms with van der Waals surface area (Å²) in [4.78, 5) is 11.3. The molecule has 1 aromatic rings. The average Bonchev–Trinajstić information content (AvgIpc) is 2.36. The molecule has 0 spiro atoms. The average molecular weight is 240 g/mol. The number of carbonyl (C=O) groups is 1. The van der Waals surface area contributed by atoms with Crippen LogP contribution in [-0.4, -0.2) is 36.0 Å². The van der Waals surface area contributed by atoms with Crippen molar-refractivity contribution in [3.05, 3.63) is 29.8 Å². The van der Waals surface area contributed by atoms with Gasteiger partial charge in [0.15, 0.2) is 6.10 Å². The molecule has 1 rings (SSSR count). The molecule has 1 unspecified atom stereocenters. The molecular formula is C12H16O5. The fraction of sp³-hybridized carbons (Fsp3) is 0.417. The van der Waals surface area contributed by atoms with Gasteiger partial charge in [0, 0.05) is 0 Å². The first-order valence-corrected chi connectivity index (χ1v) is 5.37. The van der Waals surface area contributed by atoms with Crippen molar-refractivity contribution in [2.45, 2.75) is 13.0 Å². The first-order valence-electron chi connectivity index (χ1n) is 5.37. The van der Waals surface area contributed by atoms with Gasteiger partial charge in [0.25, 0.3) is 0 Å². The lowest BCUT2D eigenvalue weighted by Crippen LogP contribution is -2.15. The van der Waals surface area contributed by atoms with Gasteiger partial charge in [-0.1, -0.05) is 12.1 Å². The highest BCUT2D eigenvalue weighted by atomic mass is 16.5. The van der Waals surface area contributed by atoms with Crippen LogP contribution in [0.15, 0.2) is 24.3 Å². The predicted octanol–water partition coefficient (Wildman–Crippen LogP) is 0.654. The lowest BCUT2D eigenvalue weighted by Gasteiger charge is -2.10. The standard InChI is InChI=1S/C12H16O5/c1-2-16-12(15)11(14)9-3-5-10(6-4-9)17-8-7-13/h3-6,11,13-14H,2,7-8H2,1H3. The van der Waals surface area contributed by atoms with E-state index in [4.69, 9.17) is 14.6 Å². The van der Waals surface area contributed by atoms with Gasteiger partial charge in [0.1, 0.15) is 12.4 Å². The molecule has 0 aromatic heterocycles. The van der Waals surface area contributed by atoms with Gasteiger partial charge < -0.3 is 19.7 Å². The third kappa shape index (κ3) is 4.05. The zero-order chi connectivity index (χ0) is 12.7. The second-order valence-corrected chi connectivity index (χ2v) is 3.30. The van der Waals surface area contributed by atoms with Crippen molar-refractivity contribution in [2.75, 3.05) is 19.8 Å². The van der Waals surface area contributed by atoms with Crippen molar-refractivity contribution in [3.63, 3.8) is 0 Å². The van der Waals surface area contributed by atoms with Crippen molar-refractivity contribution in [1.29, 1.82) is 0 Å². The van der Waals surface area contributed by atoms with Gasteiger partial charge in [-0.05, 0) is 24.6 Å². The van der Waals surface area contributed by atoms with Crippen molar-refractivity contribution < 1.29 is 24.5 Å². The Hall–Kier alpha value is -1.59. The molecule has 0 aliphatic rings. The largest absolute Gasteiger partial charge is 0.491 e. The maximum absolute atomic E-state index is 11.3. The molecule has 0 amide bonds. The zero-order valence-electron chi connectivity index (χ0n) is 9.63. The van der Waals surface area contributed by atoms with E-state index in [-0.39, 0.29) is 19.8 Å². The van der Waals surface area contributed by atoms with E-state index >= 15 is 0 Å². The van der Waals surface area contributed by atoms with Crippen LogP contribution < -0.4 is 4.74 Å². The monoisotopic (exact) mass is 240 g/mol. The quantitative estimate of drug-likeness (QED) is 0.714. The summed E-state index contributed by atoms with van der Waals surface area (Å²) in [7, 11) is 0. The zero-order valence-corrected chi connectivity index (χ0v) is 9.63. The molecule has 0 aliphatic carbocycles. The molecule has 2 N–H and O–H groups in total. The molecule has 0 aliphatic heterocycles. The van der Waals surface area contributed by atoms with Gasteiger partial charge in [-0.3, -0.25) is 0 Å². The fourth-order valence-electron chi connectivity index (χ4n) is 1.27. The van der Waals surface area contributed by atoms with Crippen molar-refractivity contribution in [1.82, 2.24) is 0 Å². The lowest BCUT2D eigenvalue weighted by atomic mass is 10.1. The van der Waals surface area contributed by atoms with E-state index in [0.29, 0.717) is 11.3 Å². The predicted molar refractivity (Wildman–Crippen MR) is 60.6 cm³/mol. The first kappa shape index (κ1) is 13.5. The van der Waals surface area contributed by atoms with Crippen molar-refractivity contribution in [2.24, 2.45) is 0 Å². The van der Waals surface area contributed by atoms with Gasteiger partial charge >= 0.3 is 5.97 Å². The van der Waals surface area contributed by atoms with Crippen LogP contribution in [0.2, 0.25) is 0 Å². The van der Waals surface area contributed by atoms with E-state index in [2.05, 4.69) is 0 Å². The summed E-state index contributed by atoms with van der Waals surface area (Å²) >= 11 is 0. The molecule has 5 heteroatoms. The van der Waals surface area contributed by atoms with Gasteiger partial charge in [-0.15, -0.1) is 0 Å². The van der Waals surface area contributed by atoms with E-state index in [9.17, 15) is 9.90 Å². The third-order valence-corrected chi connectivity index (χ3v) is 2.07. The number of hydrogen-bond acceptors (Lipinski definition) is 5. The Morgan fingerprint density at radius 1 is 1.35 bits per heavy atom. The Bertz CT molecular complexity index is 346. The summed E-state index contributed by atoms with van der Waals surface area (Å²) in [6.07, 6.45) is -1.28. The van der Waals surface area contributed by atoms with E-state index < -0.39 is 12.1 Å². The van der Waals surface area contributed by atoms with Crippen LogP contribution in [0.3, 0.4) is 0 Å². The second kappa shape index (κ2) is 6.88. The Balaban J connectivity index is 2.63. The van der Waals surface area contributed by atoms with Crippen LogP contribution in [0.25, 0.3) is 0 Å². The van der Waals surface area contributed by atoms with Crippen molar-refractivity contribution in [3.8, 4) is 5.75 Å². The summed E-state index contributed by atoms with van der Waals surface area (Å²) in [5, 5.41) is 18.2. The maximum atomic E-state index is 11.3. The number of aliphatic hydroxyl groups is 2. The van der Waals surface area contributed by atoms with Crippen LogP contribution in [0.4, 0.5) is 0 Å². The number of aliphatic hydroxyl groups excluding tert-OH is 2.